The van der Waals surface area contributed by atoms with Gasteiger partial charge in [0, 0.05) is 24.6 Å². The van der Waals surface area contributed by atoms with E-state index in [0.717, 1.165) is 23.3 Å². The van der Waals surface area contributed by atoms with Crippen LogP contribution in [0.15, 0.2) is 42.5 Å². The molecule has 1 heterocycles. The molecule has 1 N–H and O–H groups in total. The lowest BCUT2D eigenvalue weighted by molar-refractivity contribution is 0.252. The van der Waals surface area contributed by atoms with Crippen molar-refractivity contribution in [2.75, 3.05) is 6.61 Å². The highest BCUT2D eigenvalue weighted by Gasteiger charge is 2.20. The molecule has 0 amide bonds. The standard InChI is InChI=1S/C17H15FN2O/c18-14-8-12(10-19)7-13(9-14)11-20-16-5-6-21-17-4-2-1-3-15(16)17/h1-4,7-9,16,20H,5-6,11H2. The molecule has 2 aromatic carbocycles. The van der Waals surface area contributed by atoms with Gasteiger partial charge in [0.15, 0.2) is 0 Å². The summed E-state index contributed by atoms with van der Waals surface area (Å²) in [6.45, 7) is 1.19. The Kier molecular flexibility index (Phi) is 3.85. The van der Waals surface area contributed by atoms with Crippen molar-refractivity contribution >= 4 is 0 Å². The van der Waals surface area contributed by atoms with Crippen LogP contribution in [0.5, 0.6) is 5.75 Å². The molecule has 3 rings (SSSR count). The molecule has 0 spiro atoms. The number of halogens is 1. The maximum absolute atomic E-state index is 13.4. The van der Waals surface area contributed by atoms with E-state index in [-0.39, 0.29) is 11.9 Å². The SMILES string of the molecule is N#Cc1cc(F)cc(CNC2CCOc3ccccc32)c1. The second-order valence-corrected chi connectivity index (χ2v) is 5.07. The van der Waals surface area contributed by atoms with Crippen LogP contribution >= 0.6 is 0 Å². The Hall–Kier alpha value is -2.38. The Labute approximate surface area is 123 Å². The van der Waals surface area contributed by atoms with Crippen molar-refractivity contribution in [1.29, 1.82) is 5.26 Å². The van der Waals surface area contributed by atoms with Crippen LogP contribution in [-0.4, -0.2) is 6.61 Å². The van der Waals surface area contributed by atoms with Crippen LogP contribution < -0.4 is 10.1 Å². The van der Waals surface area contributed by atoms with Crippen molar-refractivity contribution in [2.24, 2.45) is 0 Å². The normalized spacial score (nSPS) is 16.7. The first-order chi connectivity index (χ1) is 10.3. The van der Waals surface area contributed by atoms with Crippen LogP contribution in [0.2, 0.25) is 0 Å². The van der Waals surface area contributed by atoms with Gasteiger partial charge in [-0.15, -0.1) is 0 Å². The van der Waals surface area contributed by atoms with E-state index in [1.165, 1.54) is 12.1 Å². The predicted molar refractivity (Wildman–Crippen MR) is 77.2 cm³/mol. The molecule has 0 bridgehead atoms. The van der Waals surface area contributed by atoms with E-state index in [2.05, 4.69) is 5.32 Å². The Morgan fingerprint density at radius 3 is 3.00 bits per heavy atom. The second-order valence-electron chi connectivity index (χ2n) is 5.07. The van der Waals surface area contributed by atoms with Gasteiger partial charge >= 0.3 is 0 Å². The number of hydrogen-bond donors (Lipinski definition) is 1. The molecular weight excluding hydrogens is 267 g/mol. The van der Waals surface area contributed by atoms with E-state index in [0.29, 0.717) is 18.7 Å². The largest absolute Gasteiger partial charge is 0.493 e. The zero-order valence-corrected chi connectivity index (χ0v) is 11.5. The Balaban J connectivity index is 1.74. The molecule has 1 aliphatic rings. The Morgan fingerprint density at radius 2 is 2.14 bits per heavy atom. The van der Waals surface area contributed by atoms with Crippen LogP contribution in [0, 0.1) is 17.1 Å². The minimum atomic E-state index is -0.377. The Bertz CT molecular complexity index is 693. The minimum absolute atomic E-state index is 0.184. The molecule has 2 aromatic rings. The van der Waals surface area contributed by atoms with Gasteiger partial charge in [-0.25, -0.2) is 4.39 Å². The summed E-state index contributed by atoms with van der Waals surface area (Å²) in [6, 6.07) is 14.5. The molecule has 0 saturated carbocycles. The monoisotopic (exact) mass is 282 g/mol. The predicted octanol–water partition coefficient (Wildman–Crippen LogP) is 3.31. The highest BCUT2D eigenvalue weighted by atomic mass is 19.1. The minimum Gasteiger partial charge on any atom is -0.493 e. The zero-order chi connectivity index (χ0) is 14.7. The summed E-state index contributed by atoms with van der Waals surface area (Å²) in [5.74, 6) is 0.524. The number of ether oxygens (including phenoxy) is 1. The maximum atomic E-state index is 13.4. The molecule has 0 saturated heterocycles. The van der Waals surface area contributed by atoms with E-state index < -0.39 is 0 Å². The molecule has 106 valence electrons. The van der Waals surface area contributed by atoms with Crippen molar-refractivity contribution in [3.8, 4) is 11.8 Å². The lowest BCUT2D eigenvalue weighted by Crippen LogP contribution is -2.26. The van der Waals surface area contributed by atoms with Gasteiger partial charge in [-0.2, -0.15) is 5.26 Å². The van der Waals surface area contributed by atoms with Gasteiger partial charge in [0.05, 0.1) is 18.2 Å². The summed E-state index contributed by atoms with van der Waals surface area (Å²) >= 11 is 0. The van der Waals surface area contributed by atoms with E-state index in [1.807, 2.05) is 30.3 Å². The summed E-state index contributed by atoms with van der Waals surface area (Å²) < 4.78 is 19.0. The first kappa shape index (κ1) is 13.6. The molecule has 4 heteroatoms. The summed E-state index contributed by atoms with van der Waals surface area (Å²) in [7, 11) is 0. The number of nitriles is 1. The Morgan fingerprint density at radius 1 is 1.29 bits per heavy atom. The molecule has 21 heavy (non-hydrogen) atoms. The van der Waals surface area contributed by atoms with Crippen LogP contribution in [0.3, 0.4) is 0 Å². The fraction of sp³-hybridized carbons (Fsp3) is 0.235. The van der Waals surface area contributed by atoms with Crippen molar-refractivity contribution in [2.45, 2.75) is 19.0 Å². The van der Waals surface area contributed by atoms with Gasteiger partial charge in [-0.05, 0) is 29.8 Å². The number of nitrogens with one attached hydrogen (secondary N) is 1. The molecule has 1 aliphatic heterocycles. The molecule has 3 nitrogen and oxygen atoms in total. The van der Waals surface area contributed by atoms with Crippen LogP contribution in [0.1, 0.15) is 29.2 Å². The first-order valence-electron chi connectivity index (χ1n) is 6.91. The quantitative estimate of drug-likeness (QED) is 0.939. The van der Waals surface area contributed by atoms with Crippen molar-refractivity contribution in [1.82, 2.24) is 5.32 Å². The average Bonchev–Trinajstić information content (AvgIpc) is 2.52. The number of hydrogen-bond acceptors (Lipinski definition) is 3. The summed E-state index contributed by atoms with van der Waals surface area (Å²) in [4.78, 5) is 0. The molecule has 0 aromatic heterocycles. The van der Waals surface area contributed by atoms with Gasteiger partial charge < -0.3 is 10.1 Å². The lowest BCUT2D eigenvalue weighted by Gasteiger charge is -2.26. The summed E-state index contributed by atoms with van der Waals surface area (Å²) in [5, 5.41) is 12.3. The molecule has 1 unspecified atom stereocenters. The topological polar surface area (TPSA) is 45.0 Å². The molecule has 0 radical (unpaired) electrons. The van der Waals surface area contributed by atoms with E-state index in [9.17, 15) is 4.39 Å². The van der Waals surface area contributed by atoms with Gasteiger partial charge in [-0.3, -0.25) is 0 Å². The zero-order valence-electron chi connectivity index (χ0n) is 11.5. The van der Waals surface area contributed by atoms with E-state index >= 15 is 0 Å². The highest BCUT2D eigenvalue weighted by molar-refractivity contribution is 5.38. The van der Waals surface area contributed by atoms with Crippen LogP contribution in [0.25, 0.3) is 0 Å². The second kappa shape index (κ2) is 5.94. The van der Waals surface area contributed by atoms with E-state index in [4.69, 9.17) is 10.00 Å². The van der Waals surface area contributed by atoms with Crippen molar-refractivity contribution < 1.29 is 9.13 Å². The first-order valence-corrected chi connectivity index (χ1v) is 6.91. The fourth-order valence-electron chi connectivity index (χ4n) is 2.61. The number of rotatable bonds is 3. The number of para-hydroxylation sites is 1. The van der Waals surface area contributed by atoms with E-state index in [1.54, 1.807) is 6.07 Å². The van der Waals surface area contributed by atoms with Crippen LogP contribution in [-0.2, 0) is 6.54 Å². The van der Waals surface area contributed by atoms with Crippen molar-refractivity contribution in [3.63, 3.8) is 0 Å². The smallest absolute Gasteiger partial charge is 0.124 e. The molecule has 0 fully saturated rings. The third-order valence-corrected chi connectivity index (χ3v) is 3.60. The molecule has 0 aliphatic carbocycles. The summed E-state index contributed by atoms with van der Waals surface area (Å²) in [6.07, 6.45) is 0.872. The fourth-order valence-corrected chi connectivity index (χ4v) is 2.61. The third kappa shape index (κ3) is 3.04. The highest BCUT2D eigenvalue weighted by Crippen LogP contribution is 2.31. The van der Waals surface area contributed by atoms with Gasteiger partial charge in [0.25, 0.3) is 0 Å². The molecular formula is C17H15FN2O. The average molecular weight is 282 g/mol. The number of fused-ring (bicyclic) bond motifs is 1. The van der Waals surface area contributed by atoms with Crippen molar-refractivity contribution in [3.05, 3.63) is 65.0 Å². The molecule has 1 atom stereocenters. The van der Waals surface area contributed by atoms with Crippen LogP contribution in [0.4, 0.5) is 4.39 Å². The lowest BCUT2D eigenvalue weighted by atomic mass is 10.00. The third-order valence-electron chi connectivity index (χ3n) is 3.60. The maximum Gasteiger partial charge on any atom is 0.124 e. The summed E-state index contributed by atoms with van der Waals surface area (Å²) in [5.41, 5.74) is 2.25. The number of nitrogens with zero attached hydrogens (tertiary/aromatic N) is 1. The van der Waals surface area contributed by atoms with Gasteiger partial charge in [0.2, 0.25) is 0 Å². The van der Waals surface area contributed by atoms with Gasteiger partial charge in [0.1, 0.15) is 11.6 Å². The van der Waals surface area contributed by atoms with Gasteiger partial charge in [-0.1, -0.05) is 18.2 Å². The number of benzene rings is 2.